The Kier molecular flexibility index (Phi) is 7.50. The lowest BCUT2D eigenvalue weighted by Crippen LogP contribution is -2.60. The molecule has 4 amide bonds. The standard InChI is InChI=1S/C32H29BrCl2N2O6/c1-2-4-18-5-3-6-22(26(18)39)25-20-11-12-21-24(23(20)15-31(34)29(42)37(16-33)30(43)32(25,31)35)28(41)36(27(21)40)14-13-17-7-9-19(38)10-8-17/h2-3,5-11,21,23-25,38-39H,1,4,12-16H2. The number of likely N-dealkylation sites (tertiary alicyclic amines) is 2. The number of carbonyl (C=O) groups is 4. The van der Waals surface area contributed by atoms with Crippen molar-refractivity contribution in [2.75, 3.05) is 12.0 Å². The van der Waals surface area contributed by atoms with Gasteiger partial charge in [0.05, 0.1) is 17.3 Å². The molecule has 0 radical (unpaired) electrons. The van der Waals surface area contributed by atoms with Gasteiger partial charge in [-0.05, 0) is 54.9 Å². The quantitative estimate of drug-likeness (QED) is 0.188. The highest BCUT2D eigenvalue weighted by Gasteiger charge is 2.76. The van der Waals surface area contributed by atoms with Crippen LogP contribution >= 0.6 is 39.1 Å². The first-order valence-corrected chi connectivity index (χ1v) is 15.9. The Morgan fingerprint density at radius 2 is 1.70 bits per heavy atom. The normalized spacial score (nSPS) is 31.6. The van der Waals surface area contributed by atoms with Crippen LogP contribution in [0, 0.1) is 17.8 Å². The first-order valence-electron chi connectivity index (χ1n) is 14.0. The molecule has 6 rings (SSSR count). The second kappa shape index (κ2) is 10.8. The molecule has 0 spiro atoms. The first kappa shape index (κ1) is 29.9. The van der Waals surface area contributed by atoms with Crippen molar-refractivity contribution in [2.45, 2.75) is 41.3 Å². The molecule has 224 valence electrons. The second-order valence-corrected chi connectivity index (χ2v) is 13.3. The van der Waals surface area contributed by atoms with E-state index in [4.69, 9.17) is 23.2 Å². The molecule has 8 nitrogen and oxygen atoms in total. The van der Waals surface area contributed by atoms with Gasteiger partial charge in [0, 0.05) is 18.0 Å². The van der Waals surface area contributed by atoms with E-state index in [1.165, 1.54) is 4.90 Å². The number of hydrogen-bond donors (Lipinski definition) is 2. The third-order valence-electron chi connectivity index (χ3n) is 9.49. The number of hydrogen-bond acceptors (Lipinski definition) is 6. The van der Waals surface area contributed by atoms with Crippen LogP contribution in [0.1, 0.15) is 35.4 Å². The molecule has 2 aromatic carbocycles. The number of halogens is 3. The number of benzene rings is 2. The molecule has 0 aromatic heterocycles. The highest BCUT2D eigenvalue weighted by atomic mass is 79.9. The largest absolute Gasteiger partial charge is 0.508 e. The number of alkyl halides is 3. The summed E-state index contributed by atoms with van der Waals surface area (Å²) in [6.45, 7) is 3.92. The number of phenols is 2. The molecular weight excluding hydrogens is 659 g/mol. The summed E-state index contributed by atoms with van der Waals surface area (Å²) in [5.41, 5.74) is 2.24. The number of fused-ring (bicyclic) bond motifs is 4. The summed E-state index contributed by atoms with van der Waals surface area (Å²) in [7, 11) is 0. The van der Waals surface area contributed by atoms with Crippen LogP contribution in [0.15, 0.2) is 66.8 Å². The molecule has 2 aromatic rings. The number of nitrogens with zero attached hydrogens (tertiary/aromatic N) is 2. The molecule has 43 heavy (non-hydrogen) atoms. The van der Waals surface area contributed by atoms with E-state index in [2.05, 4.69) is 22.5 Å². The third-order valence-corrected chi connectivity index (χ3v) is 11.4. The van der Waals surface area contributed by atoms with Crippen LogP contribution < -0.4 is 0 Å². The number of imide groups is 2. The number of phenolic OH excluding ortho intramolecular Hbond substituents is 2. The van der Waals surface area contributed by atoms with Gasteiger partial charge in [0.1, 0.15) is 11.5 Å². The lowest BCUT2D eigenvalue weighted by atomic mass is 9.56. The molecule has 2 aliphatic heterocycles. The summed E-state index contributed by atoms with van der Waals surface area (Å²) < 4.78 is 0. The van der Waals surface area contributed by atoms with Crippen molar-refractivity contribution >= 4 is 62.8 Å². The highest BCUT2D eigenvalue weighted by molar-refractivity contribution is 9.09. The van der Waals surface area contributed by atoms with Gasteiger partial charge in [-0.25, -0.2) is 0 Å². The molecule has 2 heterocycles. The van der Waals surface area contributed by atoms with Crippen molar-refractivity contribution in [1.82, 2.24) is 9.80 Å². The number of para-hydroxylation sites is 1. The average Bonchev–Trinajstić information content (AvgIpc) is 3.31. The second-order valence-electron chi connectivity index (χ2n) is 11.6. The summed E-state index contributed by atoms with van der Waals surface area (Å²) in [4.78, 5) is 53.6. The Balaban J connectivity index is 1.44. The van der Waals surface area contributed by atoms with Gasteiger partial charge in [-0.1, -0.05) is 64.0 Å². The maximum Gasteiger partial charge on any atom is 0.254 e. The van der Waals surface area contributed by atoms with Crippen molar-refractivity contribution in [3.05, 3.63) is 83.5 Å². The third kappa shape index (κ3) is 4.22. The van der Waals surface area contributed by atoms with E-state index in [0.717, 1.165) is 10.5 Å². The molecule has 11 heteroatoms. The van der Waals surface area contributed by atoms with Crippen LogP contribution in [0.4, 0.5) is 0 Å². The minimum Gasteiger partial charge on any atom is -0.508 e. The Labute approximate surface area is 267 Å². The zero-order valence-corrected chi connectivity index (χ0v) is 26.1. The predicted molar refractivity (Wildman–Crippen MR) is 164 cm³/mol. The Hall–Kier alpha value is -3.14. The molecule has 2 N–H and O–H groups in total. The Morgan fingerprint density at radius 3 is 2.37 bits per heavy atom. The van der Waals surface area contributed by atoms with Gasteiger partial charge in [0.15, 0.2) is 9.75 Å². The minimum atomic E-state index is -1.98. The van der Waals surface area contributed by atoms with Crippen molar-refractivity contribution in [2.24, 2.45) is 17.8 Å². The first-order chi connectivity index (χ1) is 20.5. The molecule has 2 aliphatic carbocycles. The molecule has 2 saturated heterocycles. The monoisotopic (exact) mass is 686 g/mol. The maximum atomic E-state index is 14.0. The number of aromatic hydroxyl groups is 2. The van der Waals surface area contributed by atoms with Crippen LogP contribution in [-0.2, 0) is 32.0 Å². The number of amides is 4. The van der Waals surface area contributed by atoms with E-state index in [1.807, 2.05) is 6.08 Å². The van der Waals surface area contributed by atoms with Gasteiger partial charge >= 0.3 is 0 Å². The summed E-state index contributed by atoms with van der Waals surface area (Å²) >= 11 is 17.7. The van der Waals surface area contributed by atoms with Crippen molar-refractivity contribution in [3.63, 3.8) is 0 Å². The van der Waals surface area contributed by atoms with E-state index in [9.17, 15) is 29.4 Å². The zero-order chi connectivity index (χ0) is 30.8. The van der Waals surface area contributed by atoms with E-state index >= 15 is 0 Å². The van der Waals surface area contributed by atoms with Gasteiger partial charge in [0.25, 0.3) is 11.8 Å². The van der Waals surface area contributed by atoms with E-state index in [0.29, 0.717) is 29.5 Å². The van der Waals surface area contributed by atoms with Gasteiger partial charge in [0.2, 0.25) is 11.8 Å². The molecule has 6 atom stereocenters. The predicted octanol–water partition coefficient (Wildman–Crippen LogP) is 4.78. The Morgan fingerprint density at radius 1 is 0.977 bits per heavy atom. The molecular formula is C32H29BrCl2N2O6. The van der Waals surface area contributed by atoms with Gasteiger partial charge < -0.3 is 10.2 Å². The average molecular weight is 688 g/mol. The van der Waals surface area contributed by atoms with E-state index in [-0.39, 0.29) is 48.2 Å². The summed E-state index contributed by atoms with van der Waals surface area (Å²) in [6.07, 6.45) is 4.37. The lowest BCUT2D eigenvalue weighted by molar-refractivity contribution is -0.141. The highest BCUT2D eigenvalue weighted by Crippen LogP contribution is 2.66. The Bertz CT molecular complexity index is 1590. The fourth-order valence-corrected chi connectivity index (χ4v) is 8.87. The van der Waals surface area contributed by atoms with E-state index in [1.54, 1.807) is 48.5 Å². The topological polar surface area (TPSA) is 115 Å². The van der Waals surface area contributed by atoms with Crippen LogP contribution in [0.2, 0.25) is 0 Å². The molecule has 3 fully saturated rings. The van der Waals surface area contributed by atoms with Crippen molar-refractivity contribution in [1.29, 1.82) is 0 Å². The molecule has 0 bridgehead atoms. The summed E-state index contributed by atoms with van der Waals surface area (Å²) in [5, 5.41) is 21.0. The minimum absolute atomic E-state index is 0.0861. The lowest BCUT2D eigenvalue weighted by Gasteiger charge is -2.50. The van der Waals surface area contributed by atoms with Crippen LogP contribution in [0.3, 0.4) is 0 Å². The molecule has 6 unspecified atom stereocenters. The zero-order valence-electron chi connectivity index (χ0n) is 23.0. The summed E-state index contributed by atoms with van der Waals surface area (Å²) in [5.74, 6) is -5.13. The van der Waals surface area contributed by atoms with Crippen LogP contribution in [0.5, 0.6) is 11.5 Å². The maximum absolute atomic E-state index is 14.0. The fraction of sp³-hybridized carbons (Fsp3) is 0.375. The van der Waals surface area contributed by atoms with Crippen molar-refractivity contribution in [3.8, 4) is 11.5 Å². The summed E-state index contributed by atoms with van der Waals surface area (Å²) in [6, 6.07) is 11.7. The SMILES string of the molecule is C=CCc1cccc(C2C3=CCC4C(=O)N(CCc5ccc(O)cc5)C(=O)C4C3CC3(Cl)C(=O)N(CBr)C(=O)C23Cl)c1O. The fourth-order valence-electron chi connectivity index (χ4n) is 7.45. The number of allylic oxidation sites excluding steroid dienone is 3. The van der Waals surface area contributed by atoms with Gasteiger partial charge in [-0.15, -0.1) is 29.8 Å². The van der Waals surface area contributed by atoms with Crippen molar-refractivity contribution < 1.29 is 29.4 Å². The molecule has 1 saturated carbocycles. The van der Waals surface area contributed by atoms with E-state index < -0.39 is 45.2 Å². The smallest absolute Gasteiger partial charge is 0.254 e. The number of carbonyl (C=O) groups excluding carboxylic acids is 4. The van der Waals surface area contributed by atoms with Crippen LogP contribution in [0.25, 0.3) is 0 Å². The molecule has 4 aliphatic rings. The number of rotatable bonds is 7. The van der Waals surface area contributed by atoms with Gasteiger partial charge in [-0.3, -0.25) is 29.0 Å². The van der Waals surface area contributed by atoms with Gasteiger partial charge in [-0.2, -0.15) is 0 Å². The van der Waals surface area contributed by atoms with Crippen LogP contribution in [-0.4, -0.2) is 65.4 Å².